The van der Waals surface area contributed by atoms with E-state index >= 15 is 0 Å². The predicted molar refractivity (Wildman–Crippen MR) is 118 cm³/mol. The third-order valence-corrected chi connectivity index (χ3v) is 5.02. The number of nitrogens with one attached hydrogen (secondary N) is 2. The lowest BCUT2D eigenvalue weighted by molar-refractivity contribution is -0.136. The molecule has 0 spiro atoms. The average molecular weight is 422 g/mol. The normalized spacial score (nSPS) is 13.3. The summed E-state index contributed by atoms with van der Waals surface area (Å²) in [6.45, 7) is 5.17. The number of amides is 3. The standard InChI is InChI=1S/C23H26N4O4/c1-16-8-7-9-17(2)21(16)25-22(29)23(30)26-24-14-18-10-3-4-11-19(18)31-15-20(28)27-12-5-6-13-27/h3-4,7-11,14H,5-6,12-13,15H2,1-2H3,(H,25,29)(H,26,30)/b24-14-. The maximum absolute atomic E-state index is 12.2. The molecule has 1 saturated heterocycles. The summed E-state index contributed by atoms with van der Waals surface area (Å²) in [5, 5.41) is 6.46. The molecule has 0 aromatic heterocycles. The Morgan fingerprint density at radius 2 is 1.68 bits per heavy atom. The van der Waals surface area contributed by atoms with Gasteiger partial charge in [0, 0.05) is 24.3 Å². The van der Waals surface area contributed by atoms with Crippen molar-refractivity contribution in [3.05, 3.63) is 59.2 Å². The third kappa shape index (κ3) is 5.91. The van der Waals surface area contributed by atoms with Crippen LogP contribution in [0.3, 0.4) is 0 Å². The Morgan fingerprint density at radius 1 is 1.00 bits per heavy atom. The molecule has 0 radical (unpaired) electrons. The molecule has 1 aliphatic heterocycles. The fourth-order valence-corrected chi connectivity index (χ4v) is 3.31. The summed E-state index contributed by atoms with van der Waals surface area (Å²) >= 11 is 0. The van der Waals surface area contributed by atoms with E-state index in [2.05, 4.69) is 15.8 Å². The van der Waals surface area contributed by atoms with Crippen LogP contribution in [0.1, 0.15) is 29.5 Å². The number of hydrazone groups is 1. The van der Waals surface area contributed by atoms with E-state index in [0.717, 1.165) is 37.1 Å². The number of anilines is 1. The van der Waals surface area contributed by atoms with Gasteiger partial charge in [-0.2, -0.15) is 5.10 Å². The monoisotopic (exact) mass is 422 g/mol. The van der Waals surface area contributed by atoms with Crippen LogP contribution >= 0.6 is 0 Å². The molecule has 3 amide bonds. The minimum atomic E-state index is -0.887. The van der Waals surface area contributed by atoms with Crippen LogP contribution in [0.4, 0.5) is 5.69 Å². The molecule has 8 nitrogen and oxygen atoms in total. The van der Waals surface area contributed by atoms with Gasteiger partial charge in [-0.1, -0.05) is 30.3 Å². The van der Waals surface area contributed by atoms with Crippen molar-refractivity contribution in [3.63, 3.8) is 0 Å². The summed E-state index contributed by atoms with van der Waals surface area (Å²) < 4.78 is 5.65. The number of likely N-dealkylation sites (tertiary alicyclic amines) is 1. The van der Waals surface area contributed by atoms with Crippen molar-refractivity contribution in [1.82, 2.24) is 10.3 Å². The van der Waals surface area contributed by atoms with Gasteiger partial charge in [0.05, 0.1) is 6.21 Å². The number of rotatable bonds is 6. The minimum absolute atomic E-state index is 0.0549. The molecule has 0 atom stereocenters. The maximum Gasteiger partial charge on any atom is 0.329 e. The van der Waals surface area contributed by atoms with Gasteiger partial charge in [0.1, 0.15) is 5.75 Å². The Hall–Kier alpha value is -3.68. The third-order valence-electron chi connectivity index (χ3n) is 5.02. The fourth-order valence-electron chi connectivity index (χ4n) is 3.31. The fraction of sp³-hybridized carbons (Fsp3) is 0.304. The molecule has 162 valence electrons. The molecular weight excluding hydrogens is 396 g/mol. The van der Waals surface area contributed by atoms with Crippen LogP contribution in [-0.2, 0) is 14.4 Å². The Balaban J connectivity index is 1.56. The first kappa shape index (κ1) is 22.0. The second kappa shape index (κ2) is 10.4. The molecule has 0 bridgehead atoms. The summed E-state index contributed by atoms with van der Waals surface area (Å²) in [6.07, 6.45) is 3.41. The number of ether oxygens (including phenoxy) is 1. The first-order valence-electron chi connectivity index (χ1n) is 10.2. The van der Waals surface area contributed by atoms with Crippen LogP contribution in [0.2, 0.25) is 0 Å². The lowest BCUT2D eigenvalue weighted by atomic mass is 10.1. The van der Waals surface area contributed by atoms with E-state index in [1.54, 1.807) is 29.2 Å². The minimum Gasteiger partial charge on any atom is -0.483 e. The SMILES string of the molecule is Cc1cccc(C)c1NC(=O)C(=O)N/N=C\c1ccccc1OCC(=O)N1CCCC1. The molecule has 0 aliphatic carbocycles. The van der Waals surface area contributed by atoms with E-state index in [9.17, 15) is 14.4 Å². The van der Waals surface area contributed by atoms with E-state index < -0.39 is 11.8 Å². The lowest BCUT2D eigenvalue weighted by Gasteiger charge is -2.16. The van der Waals surface area contributed by atoms with Gasteiger partial charge in [0.2, 0.25) is 0 Å². The van der Waals surface area contributed by atoms with Gasteiger partial charge < -0.3 is 15.0 Å². The largest absolute Gasteiger partial charge is 0.483 e. The van der Waals surface area contributed by atoms with Gasteiger partial charge in [-0.05, 0) is 49.9 Å². The number of benzene rings is 2. The number of carbonyl (C=O) groups excluding carboxylic acids is 3. The maximum atomic E-state index is 12.2. The Labute approximate surface area is 181 Å². The van der Waals surface area contributed by atoms with Gasteiger partial charge in [-0.25, -0.2) is 5.43 Å². The van der Waals surface area contributed by atoms with Gasteiger partial charge in [0.15, 0.2) is 6.61 Å². The molecule has 8 heteroatoms. The highest BCUT2D eigenvalue weighted by Gasteiger charge is 2.18. The highest BCUT2D eigenvalue weighted by molar-refractivity contribution is 6.39. The number of nitrogens with zero attached hydrogens (tertiary/aromatic N) is 2. The van der Waals surface area contributed by atoms with Gasteiger partial charge in [-0.3, -0.25) is 14.4 Å². The summed E-state index contributed by atoms with van der Waals surface area (Å²) in [6, 6.07) is 12.6. The summed E-state index contributed by atoms with van der Waals surface area (Å²) in [7, 11) is 0. The highest BCUT2D eigenvalue weighted by Crippen LogP contribution is 2.19. The molecule has 1 heterocycles. The molecule has 2 aromatic rings. The van der Waals surface area contributed by atoms with Crippen molar-refractivity contribution in [3.8, 4) is 5.75 Å². The quantitative estimate of drug-likeness (QED) is 0.424. The second-order valence-corrected chi connectivity index (χ2v) is 7.33. The van der Waals surface area contributed by atoms with E-state index in [-0.39, 0.29) is 12.5 Å². The molecular formula is C23H26N4O4. The molecule has 2 aromatic carbocycles. The first-order valence-corrected chi connectivity index (χ1v) is 10.2. The smallest absolute Gasteiger partial charge is 0.329 e. The van der Waals surface area contributed by atoms with Crippen molar-refractivity contribution in [2.45, 2.75) is 26.7 Å². The average Bonchev–Trinajstić information content (AvgIpc) is 3.30. The molecule has 1 fully saturated rings. The second-order valence-electron chi connectivity index (χ2n) is 7.33. The molecule has 2 N–H and O–H groups in total. The Kier molecular flexibility index (Phi) is 7.37. The van der Waals surface area contributed by atoms with E-state index in [1.807, 2.05) is 32.0 Å². The van der Waals surface area contributed by atoms with E-state index in [4.69, 9.17) is 4.74 Å². The van der Waals surface area contributed by atoms with Crippen LogP contribution in [0, 0.1) is 13.8 Å². The zero-order valence-corrected chi connectivity index (χ0v) is 17.7. The van der Waals surface area contributed by atoms with Crippen molar-refractivity contribution in [1.29, 1.82) is 0 Å². The van der Waals surface area contributed by atoms with Gasteiger partial charge in [-0.15, -0.1) is 0 Å². The zero-order valence-electron chi connectivity index (χ0n) is 17.7. The first-order chi connectivity index (χ1) is 15.0. The van der Waals surface area contributed by atoms with Crippen molar-refractivity contribution in [2.75, 3.05) is 25.0 Å². The van der Waals surface area contributed by atoms with Crippen LogP contribution < -0.4 is 15.5 Å². The number of hydrogen-bond donors (Lipinski definition) is 2. The predicted octanol–water partition coefficient (Wildman–Crippen LogP) is 2.39. The molecule has 1 aliphatic rings. The van der Waals surface area contributed by atoms with Crippen LogP contribution in [0.5, 0.6) is 5.75 Å². The van der Waals surface area contributed by atoms with Gasteiger partial charge >= 0.3 is 11.8 Å². The van der Waals surface area contributed by atoms with Crippen LogP contribution in [-0.4, -0.2) is 48.5 Å². The van der Waals surface area contributed by atoms with Crippen LogP contribution in [0.15, 0.2) is 47.6 Å². The number of aryl methyl sites for hydroxylation is 2. The zero-order chi connectivity index (χ0) is 22.2. The van der Waals surface area contributed by atoms with Gasteiger partial charge in [0.25, 0.3) is 5.91 Å². The summed E-state index contributed by atoms with van der Waals surface area (Å²) in [4.78, 5) is 38.2. The van der Waals surface area contributed by atoms with E-state index in [0.29, 0.717) is 17.0 Å². The molecule has 0 saturated carbocycles. The summed E-state index contributed by atoms with van der Waals surface area (Å²) in [5.74, 6) is -1.29. The lowest BCUT2D eigenvalue weighted by Crippen LogP contribution is -2.33. The highest BCUT2D eigenvalue weighted by atomic mass is 16.5. The molecule has 0 unspecified atom stereocenters. The summed E-state index contributed by atoms with van der Waals surface area (Å²) in [5.41, 5.74) is 5.12. The molecule has 3 rings (SSSR count). The topological polar surface area (TPSA) is 100 Å². The van der Waals surface area contributed by atoms with Crippen LogP contribution in [0.25, 0.3) is 0 Å². The number of para-hydroxylation sites is 2. The number of hydrogen-bond acceptors (Lipinski definition) is 5. The van der Waals surface area contributed by atoms with Crippen molar-refractivity contribution in [2.24, 2.45) is 5.10 Å². The Morgan fingerprint density at radius 3 is 2.39 bits per heavy atom. The van der Waals surface area contributed by atoms with Crippen molar-refractivity contribution < 1.29 is 19.1 Å². The van der Waals surface area contributed by atoms with Crippen molar-refractivity contribution >= 4 is 29.6 Å². The Bertz CT molecular complexity index is 977. The number of carbonyl (C=O) groups is 3. The van der Waals surface area contributed by atoms with E-state index in [1.165, 1.54) is 6.21 Å². The molecule has 31 heavy (non-hydrogen) atoms.